The smallest absolute Gasteiger partial charge is 0.272 e. The molecule has 5 nitrogen and oxygen atoms in total. The summed E-state index contributed by atoms with van der Waals surface area (Å²) < 4.78 is 1.70. The van der Waals surface area contributed by atoms with Crippen LogP contribution < -0.4 is 5.73 Å². The number of nitrogens with two attached hydrogens (primary N) is 1. The molecule has 2 heterocycles. The quantitative estimate of drug-likeness (QED) is 0.883. The highest BCUT2D eigenvalue weighted by Crippen LogP contribution is 2.18. The number of nitrogens with zero attached hydrogens (tertiary/aromatic N) is 3. The number of aryl methyl sites for hydroxylation is 1. The highest BCUT2D eigenvalue weighted by atomic mass is 16.2. The Balaban J connectivity index is 2.09. The molecule has 1 aromatic heterocycles. The Morgan fingerprint density at radius 1 is 1.58 bits per heavy atom. The van der Waals surface area contributed by atoms with Crippen molar-refractivity contribution in [1.29, 1.82) is 0 Å². The van der Waals surface area contributed by atoms with E-state index in [2.05, 4.69) is 18.9 Å². The molecule has 0 bridgehead atoms. The zero-order valence-corrected chi connectivity index (χ0v) is 12.1. The molecule has 1 aliphatic heterocycles. The fourth-order valence-corrected chi connectivity index (χ4v) is 2.62. The molecule has 1 aromatic rings. The van der Waals surface area contributed by atoms with E-state index in [1.54, 1.807) is 4.68 Å². The molecule has 1 saturated heterocycles. The summed E-state index contributed by atoms with van der Waals surface area (Å²) in [4.78, 5) is 14.3. The Morgan fingerprint density at radius 2 is 2.32 bits per heavy atom. The Bertz CT molecular complexity index is 452. The van der Waals surface area contributed by atoms with Gasteiger partial charge in [-0.15, -0.1) is 0 Å². The first kappa shape index (κ1) is 14.1. The van der Waals surface area contributed by atoms with Gasteiger partial charge in [-0.05, 0) is 37.3 Å². The van der Waals surface area contributed by atoms with E-state index in [4.69, 9.17) is 5.73 Å². The standard InChI is InChI=1S/C14H24N4O/c1-10(2)6-12-7-13(17(3)16-12)14(19)18-5-4-11(8-15)9-18/h7,10-11H,4-6,8-9,15H2,1-3H3. The molecule has 106 valence electrons. The molecule has 0 spiro atoms. The third-order valence-electron chi connectivity index (χ3n) is 3.67. The van der Waals surface area contributed by atoms with Crippen LogP contribution in [0.25, 0.3) is 0 Å². The van der Waals surface area contributed by atoms with Gasteiger partial charge in [-0.25, -0.2) is 0 Å². The zero-order valence-electron chi connectivity index (χ0n) is 12.1. The van der Waals surface area contributed by atoms with Crippen molar-refractivity contribution in [3.63, 3.8) is 0 Å². The van der Waals surface area contributed by atoms with Crippen molar-refractivity contribution < 1.29 is 4.79 Å². The molecule has 1 amide bonds. The lowest BCUT2D eigenvalue weighted by atomic mass is 10.1. The summed E-state index contributed by atoms with van der Waals surface area (Å²) in [6.07, 6.45) is 1.92. The average molecular weight is 264 g/mol. The topological polar surface area (TPSA) is 64.2 Å². The molecule has 0 aliphatic carbocycles. The summed E-state index contributed by atoms with van der Waals surface area (Å²) in [6, 6.07) is 1.93. The van der Waals surface area contributed by atoms with E-state index in [0.29, 0.717) is 24.1 Å². The fraction of sp³-hybridized carbons (Fsp3) is 0.714. The summed E-state index contributed by atoms with van der Waals surface area (Å²) in [5.41, 5.74) is 7.35. The normalized spacial score (nSPS) is 19.4. The van der Waals surface area contributed by atoms with Crippen molar-refractivity contribution >= 4 is 5.91 Å². The predicted molar refractivity (Wildman–Crippen MR) is 74.8 cm³/mol. The Kier molecular flexibility index (Phi) is 4.24. The van der Waals surface area contributed by atoms with Crippen LogP contribution in [-0.2, 0) is 13.5 Å². The lowest BCUT2D eigenvalue weighted by Crippen LogP contribution is -2.31. The number of likely N-dealkylation sites (tertiary alicyclic amines) is 1. The van der Waals surface area contributed by atoms with E-state index in [9.17, 15) is 4.79 Å². The minimum absolute atomic E-state index is 0.0842. The van der Waals surface area contributed by atoms with E-state index in [0.717, 1.165) is 31.6 Å². The second-order valence-corrected chi connectivity index (χ2v) is 5.88. The molecule has 0 saturated carbocycles. The first-order valence-electron chi connectivity index (χ1n) is 7.03. The van der Waals surface area contributed by atoms with Crippen LogP contribution in [0, 0.1) is 11.8 Å². The number of hydrogen-bond donors (Lipinski definition) is 1. The molecule has 1 atom stereocenters. The molecule has 1 aliphatic rings. The van der Waals surface area contributed by atoms with E-state index in [1.165, 1.54) is 0 Å². The van der Waals surface area contributed by atoms with Gasteiger partial charge in [0, 0.05) is 20.1 Å². The van der Waals surface area contributed by atoms with E-state index in [-0.39, 0.29) is 5.91 Å². The highest BCUT2D eigenvalue weighted by molar-refractivity contribution is 5.92. The third-order valence-corrected chi connectivity index (χ3v) is 3.67. The van der Waals surface area contributed by atoms with Gasteiger partial charge in [0.25, 0.3) is 5.91 Å². The number of rotatable bonds is 4. The second-order valence-electron chi connectivity index (χ2n) is 5.88. The minimum atomic E-state index is 0.0842. The molecular formula is C14H24N4O. The van der Waals surface area contributed by atoms with Crippen molar-refractivity contribution in [2.24, 2.45) is 24.6 Å². The van der Waals surface area contributed by atoms with Crippen LogP contribution in [0.1, 0.15) is 36.5 Å². The minimum Gasteiger partial charge on any atom is -0.337 e. The van der Waals surface area contributed by atoms with Gasteiger partial charge < -0.3 is 10.6 Å². The first-order valence-corrected chi connectivity index (χ1v) is 7.03. The summed E-state index contributed by atoms with van der Waals surface area (Å²) in [6.45, 7) is 6.56. The van der Waals surface area contributed by atoms with Gasteiger partial charge in [-0.2, -0.15) is 5.10 Å². The molecular weight excluding hydrogens is 240 g/mol. The number of carbonyl (C=O) groups excluding carboxylic acids is 1. The number of aromatic nitrogens is 2. The Morgan fingerprint density at radius 3 is 2.89 bits per heavy atom. The van der Waals surface area contributed by atoms with Gasteiger partial charge >= 0.3 is 0 Å². The van der Waals surface area contributed by atoms with Gasteiger partial charge in [-0.3, -0.25) is 9.48 Å². The second kappa shape index (κ2) is 5.74. The predicted octanol–water partition coefficient (Wildman–Crippen LogP) is 1.04. The van der Waals surface area contributed by atoms with Gasteiger partial charge in [0.15, 0.2) is 0 Å². The molecule has 0 radical (unpaired) electrons. The van der Waals surface area contributed by atoms with Crippen LogP contribution in [0.2, 0.25) is 0 Å². The molecule has 5 heteroatoms. The average Bonchev–Trinajstić information content (AvgIpc) is 2.94. The van der Waals surface area contributed by atoms with Crippen LogP contribution in [0.5, 0.6) is 0 Å². The summed E-state index contributed by atoms with van der Waals surface area (Å²) in [7, 11) is 1.84. The SMILES string of the molecule is CC(C)Cc1cc(C(=O)N2CCC(CN)C2)n(C)n1. The zero-order chi connectivity index (χ0) is 14.0. The van der Waals surface area contributed by atoms with Crippen molar-refractivity contribution in [2.75, 3.05) is 19.6 Å². The fourth-order valence-electron chi connectivity index (χ4n) is 2.62. The van der Waals surface area contributed by atoms with Crippen LogP contribution in [0.3, 0.4) is 0 Å². The van der Waals surface area contributed by atoms with Crippen molar-refractivity contribution in [1.82, 2.24) is 14.7 Å². The number of amides is 1. The van der Waals surface area contributed by atoms with E-state index >= 15 is 0 Å². The van der Waals surface area contributed by atoms with E-state index in [1.807, 2.05) is 18.0 Å². The third kappa shape index (κ3) is 3.15. The molecule has 2 N–H and O–H groups in total. The number of hydrogen-bond acceptors (Lipinski definition) is 3. The maximum Gasteiger partial charge on any atom is 0.272 e. The lowest BCUT2D eigenvalue weighted by Gasteiger charge is -2.15. The molecule has 1 unspecified atom stereocenters. The van der Waals surface area contributed by atoms with Crippen molar-refractivity contribution in [3.8, 4) is 0 Å². The summed E-state index contributed by atoms with van der Waals surface area (Å²) in [5, 5.41) is 4.43. The van der Waals surface area contributed by atoms with Crippen molar-refractivity contribution in [3.05, 3.63) is 17.5 Å². The van der Waals surface area contributed by atoms with Gasteiger partial charge in [0.05, 0.1) is 5.69 Å². The maximum atomic E-state index is 12.5. The van der Waals surface area contributed by atoms with Crippen LogP contribution >= 0.6 is 0 Å². The van der Waals surface area contributed by atoms with Crippen LogP contribution in [0.15, 0.2) is 6.07 Å². The van der Waals surface area contributed by atoms with Crippen molar-refractivity contribution in [2.45, 2.75) is 26.7 Å². The first-order chi connectivity index (χ1) is 9.01. The van der Waals surface area contributed by atoms with Gasteiger partial charge in [-0.1, -0.05) is 13.8 Å². The Labute approximate surface area is 114 Å². The molecule has 19 heavy (non-hydrogen) atoms. The summed E-state index contributed by atoms with van der Waals surface area (Å²) >= 11 is 0. The van der Waals surface area contributed by atoms with E-state index < -0.39 is 0 Å². The monoisotopic (exact) mass is 264 g/mol. The Hall–Kier alpha value is -1.36. The van der Waals surface area contributed by atoms with Gasteiger partial charge in [0.1, 0.15) is 5.69 Å². The largest absolute Gasteiger partial charge is 0.337 e. The van der Waals surface area contributed by atoms with Crippen LogP contribution in [0.4, 0.5) is 0 Å². The molecule has 0 aromatic carbocycles. The number of carbonyl (C=O) groups is 1. The molecule has 2 rings (SSSR count). The molecule has 1 fully saturated rings. The highest BCUT2D eigenvalue weighted by Gasteiger charge is 2.27. The lowest BCUT2D eigenvalue weighted by molar-refractivity contribution is 0.0777. The summed E-state index contributed by atoms with van der Waals surface area (Å²) in [5.74, 6) is 1.08. The maximum absolute atomic E-state index is 12.5. The van der Waals surface area contributed by atoms with Crippen LogP contribution in [-0.4, -0.2) is 40.2 Å². The van der Waals surface area contributed by atoms with Gasteiger partial charge in [0.2, 0.25) is 0 Å².